The van der Waals surface area contributed by atoms with E-state index in [0.29, 0.717) is 0 Å². The van der Waals surface area contributed by atoms with Crippen LogP contribution in [0.4, 0.5) is 0 Å². The predicted octanol–water partition coefficient (Wildman–Crippen LogP) is 2.95. The van der Waals surface area contributed by atoms with E-state index in [1.165, 1.54) is 69.4 Å². The lowest BCUT2D eigenvalue weighted by Crippen LogP contribution is -2.62. The first-order valence-electron chi connectivity index (χ1n) is 10.9. The third-order valence-electron chi connectivity index (χ3n) is 6.76. The molecule has 2 heterocycles. The first kappa shape index (κ1) is 21.1. The number of benzene rings is 1. The molecule has 2 saturated heterocycles. The molecule has 0 spiro atoms. The number of hydrogen-bond donors (Lipinski definition) is 1. The molecule has 2 aliphatic heterocycles. The standard InChI is InChI=1S/C23H39N5/c1-20-10-6-7-11-21(20)18-27(4)22(24-2)25-19-23(12-16-26(3)17-13-23)28-14-8-5-9-15-28/h6-7,10-11H,5,8-9,12-19H2,1-4H3,(H,24,25). The Kier molecular flexibility index (Phi) is 7.36. The number of hydrogen-bond acceptors (Lipinski definition) is 3. The molecule has 156 valence electrons. The maximum absolute atomic E-state index is 4.59. The minimum Gasteiger partial charge on any atom is -0.354 e. The van der Waals surface area contributed by atoms with Gasteiger partial charge in [-0.05, 0) is 77.0 Å². The Bertz CT molecular complexity index is 642. The minimum atomic E-state index is 0.270. The molecule has 0 atom stereocenters. The van der Waals surface area contributed by atoms with Crippen LogP contribution in [0.15, 0.2) is 29.3 Å². The lowest BCUT2D eigenvalue weighted by atomic mass is 9.84. The number of guanidine groups is 1. The van der Waals surface area contributed by atoms with Crippen LogP contribution in [0.25, 0.3) is 0 Å². The fraction of sp³-hybridized carbons (Fsp3) is 0.696. The topological polar surface area (TPSA) is 34.1 Å². The highest BCUT2D eigenvalue weighted by molar-refractivity contribution is 5.79. The summed E-state index contributed by atoms with van der Waals surface area (Å²) in [7, 11) is 6.30. The van der Waals surface area contributed by atoms with Crippen molar-refractivity contribution in [3.63, 3.8) is 0 Å². The van der Waals surface area contributed by atoms with E-state index in [4.69, 9.17) is 0 Å². The van der Waals surface area contributed by atoms with Gasteiger partial charge in [-0.2, -0.15) is 0 Å². The van der Waals surface area contributed by atoms with E-state index in [9.17, 15) is 0 Å². The van der Waals surface area contributed by atoms with E-state index >= 15 is 0 Å². The number of likely N-dealkylation sites (tertiary alicyclic amines) is 2. The molecule has 5 heteroatoms. The van der Waals surface area contributed by atoms with Crippen LogP contribution in [0, 0.1) is 6.92 Å². The zero-order valence-corrected chi connectivity index (χ0v) is 18.4. The maximum Gasteiger partial charge on any atom is 0.193 e. The summed E-state index contributed by atoms with van der Waals surface area (Å²) in [6.45, 7) is 8.94. The second-order valence-corrected chi connectivity index (χ2v) is 8.76. The zero-order chi connectivity index (χ0) is 20.0. The third kappa shape index (κ3) is 5.06. The van der Waals surface area contributed by atoms with Crippen molar-refractivity contribution in [2.45, 2.75) is 51.1 Å². The Labute approximate surface area is 171 Å². The van der Waals surface area contributed by atoms with Gasteiger partial charge in [0.2, 0.25) is 0 Å². The molecule has 3 rings (SSSR count). The van der Waals surface area contributed by atoms with E-state index < -0.39 is 0 Å². The molecule has 5 nitrogen and oxygen atoms in total. The second-order valence-electron chi connectivity index (χ2n) is 8.76. The summed E-state index contributed by atoms with van der Waals surface area (Å²) < 4.78 is 0. The molecule has 0 amide bonds. The summed E-state index contributed by atoms with van der Waals surface area (Å²) in [4.78, 5) is 12.1. The predicted molar refractivity (Wildman–Crippen MR) is 119 cm³/mol. The van der Waals surface area contributed by atoms with Crippen molar-refractivity contribution in [1.82, 2.24) is 20.0 Å². The summed E-state index contributed by atoms with van der Waals surface area (Å²) >= 11 is 0. The van der Waals surface area contributed by atoms with Crippen molar-refractivity contribution in [2.24, 2.45) is 4.99 Å². The van der Waals surface area contributed by atoms with Gasteiger partial charge in [0.15, 0.2) is 5.96 Å². The van der Waals surface area contributed by atoms with Gasteiger partial charge in [-0.25, -0.2) is 0 Å². The van der Waals surface area contributed by atoms with Crippen molar-refractivity contribution < 1.29 is 0 Å². The Morgan fingerprint density at radius 2 is 1.79 bits per heavy atom. The Balaban J connectivity index is 1.66. The fourth-order valence-electron chi connectivity index (χ4n) is 4.75. The average Bonchev–Trinajstić information content (AvgIpc) is 2.72. The quantitative estimate of drug-likeness (QED) is 0.624. The largest absolute Gasteiger partial charge is 0.354 e. The highest BCUT2D eigenvalue weighted by Gasteiger charge is 2.39. The molecule has 0 saturated carbocycles. The molecule has 0 radical (unpaired) electrons. The van der Waals surface area contributed by atoms with Gasteiger partial charge in [0.25, 0.3) is 0 Å². The van der Waals surface area contributed by atoms with Crippen LogP contribution in [0.3, 0.4) is 0 Å². The number of nitrogens with zero attached hydrogens (tertiary/aromatic N) is 4. The third-order valence-corrected chi connectivity index (χ3v) is 6.76. The summed E-state index contributed by atoms with van der Waals surface area (Å²) in [5, 5.41) is 3.75. The highest BCUT2D eigenvalue weighted by Crippen LogP contribution is 2.31. The number of nitrogens with one attached hydrogen (secondary N) is 1. The van der Waals surface area contributed by atoms with Crippen molar-refractivity contribution >= 4 is 5.96 Å². The van der Waals surface area contributed by atoms with Gasteiger partial charge in [-0.15, -0.1) is 0 Å². The monoisotopic (exact) mass is 385 g/mol. The van der Waals surface area contributed by atoms with E-state index in [0.717, 1.165) is 19.0 Å². The Morgan fingerprint density at radius 1 is 1.11 bits per heavy atom. The molecule has 2 aliphatic rings. The molecule has 1 aromatic carbocycles. The van der Waals surface area contributed by atoms with Crippen molar-refractivity contribution in [2.75, 3.05) is 53.9 Å². The van der Waals surface area contributed by atoms with E-state index in [1.54, 1.807) is 0 Å². The smallest absolute Gasteiger partial charge is 0.193 e. The number of rotatable bonds is 5. The fourth-order valence-corrected chi connectivity index (χ4v) is 4.75. The van der Waals surface area contributed by atoms with E-state index in [1.807, 2.05) is 7.05 Å². The first-order valence-corrected chi connectivity index (χ1v) is 10.9. The van der Waals surface area contributed by atoms with Gasteiger partial charge in [-0.3, -0.25) is 9.89 Å². The van der Waals surface area contributed by atoms with Crippen LogP contribution in [0.1, 0.15) is 43.2 Å². The van der Waals surface area contributed by atoms with Gasteiger partial charge < -0.3 is 15.1 Å². The van der Waals surface area contributed by atoms with Crippen molar-refractivity contribution in [3.05, 3.63) is 35.4 Å². The van der Waals surface area contributed by atoms with Gasteiger partial charge >= 0.3 is 0 Å². The lowest BCUT2D eigenvalue weighted by molar-refractivity contribution is 0.0170. The van der Waals surface area contributed by atoms with Gasteiger partial charge in [-0.1, -0.05) is 30.7 Å². The number of aliphatic imine (C=N–C) groups is 1. The van der Waals surface area contributed by atoms with Crippen LogP contribution in [-0.2, 0) is 6.54 Å². The number of aryl methyl sites for hydroxylation is 1. The molecule has 1 aromatic rings. The molecule has 0 aliphatic carbocycles. The SMILES string of the molecule is CN=C(NCC1(N2CCCCC2)CCN(C)CC1)N(C)Cc1ccccc1C. The molecule has 2 fully saturated rings. The van der Waals surface area contributed by atoms with Gasteiger partial charge in [0, 0.05) is 32.7 Å². The lowest BCUT2D eigenvalue weighted by Gasteiger charge is -2.50. The van der Waals surface area contributed by atoms with Crippen LogP contribution in [0.5, 0.6) is 0 Å². The molecule has 28 heavy (non-hydrogen) atoms. The highest BCUT2D eigenvalue weighted by atomic mass is 15.3. The van der Waals surface area contributed by atoms with Crippen molar-refractivity contribution in [3.8, 4) is 0 Å². The molecule has 1 N–H and O–H groups in total. The van der Waals surface area contributed by atoms with Crippen LogP contribution < -0.4 is 5.32 Å². The first-order chi connectivity index (χ1) is 13.5. The van der Waals surface area contributed by atoms with Crippen molar-refractivity contribution in [1.29, 1.82) is 0 Å². The molecular formula is C23H39N5. The van der Waals surface area contributed by atoms with Crippen LogP contribution >= 0.6 is 0 Å². The summed E-state index contributed by atoms with van der Waals surface area (Å²) in [6.07, 6.45) is 6.57. The van der Waals surface area contributed by atoms with E-state index in [2.05, 4.69) is 70.3 Å². The van der Waals surface area contributed by atoms with Crippen LogP contribution in [-0.4, -0.2) is 80.1 Å². The maximum atomic E-state index is 4.59. The summed E-state index contributed by atoms with van der Waals surface area (Å²) in [5.41, 5.74) is 2.97. The molecule has 0 unspecified atom stereocenters. The zero-order valence-electron chi connectivity index (χ0n) is 18.4. The van der Waals surface area contributed by atoms with Gasteiger partial charge in [0.1, 0.15) is 0 Å². The second kappa shape index (κ2) is 9.75. The van der Waals surface area contributed by atoms with Crippen LogP contribution in [0.2, 0.25) is 0 Å². The normalized spacial score (nSPS) is 21.5. The number of piperidine rings is 2. The minimum absolute atomic E-state index is 0.270. The molecule has 0 aromatic heterocycles. The Hall–Kier alpha value is -1.59. The summed E-state index contributed by atoms with van der Waals surface area (Å²) in [6, 6.07) is 8.62. The summed E-state index contributed by atoms with van der Waals surface area (Å²) in [5.74, 6) is 0.999. The van der Waals surface area contributed by atoms with E-state index in [-0.39, 0.29) is 5.54 Å². The average molecular weight is 386 g/mol. The Morgan fingerprint density at radius 3 is 2.43 bits per heavy atom. The molecule has 0 bridgehead atoms. The molecular weight excluding hydrogens is 346 g/mol. The van der Waals surface area contributed by atoms with Gasteiger partial charge in [0.05, 0.1) is 0 Å².